The summed E-state index contributed by atoms with van der Waals surface area (Å²) in [5.41, 5.74) is -1.15. The van der Waals surface area contributed by atoms with E-state index >= 15 is 0 Å². The van der Waals surface area contributed by atoms with Gasteiger partial charge in [0.05, 0.1) is 32.1 Å². The Hall–Kier alpha value is -1.39. The summed E-state index contributed by atoms with van der Waals surface area (Å²) in [5.74, 6) is -0.303. The lowest BCUT2D eigenvalue weighted by Crippen LogP contribution is -2.39. The van der Waals surface area contributed by atoms with Gasteiger partial charge in [-0.2, -0.15) is 0 Å². The van der Waals surface area contributed by atoms with Gasteiger partial charge in [-0.05, 0) is 6.92 Å². The molecular weight excluding hydrogens is 331 g/mol. The Bertz CT molecular complexity index is 603. The number of aromatic nitrogens is 1. The molecule has 0 aromatic carbocycles. The first kappa shape index (κ1) is 19.7. The molecule has 0 bridgehead atoms. The molecule has 1 aromatic heterocycles. The van der Waals surface area contributed by atoms with Gasteiger partial charge in [0.1, 0.15) is 11.3 Å². The topological polar surface area (TPSA) is 173 Å². The van der Waals surface area contributed by atoms with E-state index in [4.69, 9.17) is 9.79 Å². The van der Waals surface area contributed by atoms with Crippen LogP contribution in [0, 0.1) is 6.92 Å². The van der Waals surface area contributed by atoms with Crippen molar-refractivity contribution in [2.24, 2.45) is 4.99 Å². The number of phosphoric acid groups is 1. The largest absolute Gasteiger partial charge is 0.505 e. The van der Waals surface area contributed by atoms with Crippen molar-refractivity contribution in [2.45, 2.75) is 19.1 Å². The molecule has 0 atom stereocenters. The summed E-state index contributed by atoms with van der Waals surface area (Å²) in [7, 11) is -4.72. The maximum absolute atomic E-state index is 10.8. The number of hydrogen-bond acceptors (Lipinski definition) is 8. The highest BCUT2D eigenvalue weighted by molar-refractivity contribution is 7.46. The molecule has 23 heavy (non-hydrogen) atoms. The molecule has 0 spiro atoms. The number of rotatable bonds is 8. The minimum atomic E-state index is -4.72. The highest BCUT2D eigenvalue weighted by atomic mass is 31.2. The van der Waals surface area contributed by atoms with E-state index < -0.39 is 39.8 Å². The highest BCUT2D eigenvalue weighted by Gasteiger charge is 2.27. The van der Waals surface area contributed by atoms with E-state index in [9.17, 15) is 25.0 Å². The molecule has 0 saturated carbocycles. The van der Waals surface area contributed by atoms with Gasteiger partial charge >= 0.3 is 7.82 Å². The second-order valence-electron chi connectivity index (χ2n) is 4.85. The molecule has 0 amide bonds. The molecule has 1 heterocycles. The number of hydrogen-bond donors (Lipinski definition) is 6. The number of aliphatic imine (C=N–C) groups is 1. The number of nitrogens with zero attached hydrogens (tertiary/aromatic N) is 2. The minimum absolute atomic E-state index is 0.0469. The van der Waals surface area contributed by atoms with Crippen molar-refractivity contribution in [1.82, 2.24) is 4.98 Å². The Morgan fingerprint density at radius 3 is 2.35 bits per heavy atom. The van der Waals surface area contributed by atoms with Crippen LogP contribution >= 0.6 is 7.82 Å². The number of aromatic hydroxyl groups is 1. The first-order chi connectivity index (χ1) is 10.7. The van der Waals surface area contributed by atoms with Gasteiger partial charge in [0.15, 0.2) is 0 Å². The molecule has 11 heteroatoms. The van der Waals surface area contributed by atoms with E-state index in [2.05, 4.69) is 14.5 Å². The van der Waals surface area contributed by atoms with Crippen LogP contribution in [-0.4, -0.2) is 66.8 Å². The SMILES string of the molecule is Cc1ncc(COP(=O)(O)O)c(C=NC(CO)(CO)CO)c1O. The van der Waals surface area contributed by atoms with Gasteiger partial charge in [-0.3, -0.25) is 14.5 Å². The predicted octanol–water partition coefficient (Wildman–Crippen LogP) is -1.16. The van der Waals surface area contributed by atoms with Crippen LogP contribution in [0.25, 0.3) is 0 Å². The molecule has 10 nitrogen and oxygen atoms in total. The fourth-order valence-electron chi connectivity index (χ4n) is 1.54. The lowest BCUT2D eigenvalue weighted by atomic mass is 10.0. The first-order valence-electron chi connectivity index (χ1n) is 6.43. The van der Waals surface area contributed by atoms with Gasteiger partial charge < -0.3 is 30.2 Å². The Morgan fingerprint density at radius 2 is 1.87 bits per heavy atom. The summed E-state index contributed by atoms with van der Waals surface area (Å²) in [5, 5.41) is 37.7. The zero-order valence-electron chi connectivity index (χ0n) is 12.3. The smallest absolute Gasteiger partial charge is 0.469 e. The van der Waals surface area contributed by atoms with Gasteiger partial charge in [0, 0.05) is 23.5 Å². The van der Waals surface area contributed by atoms with Gasteiger partial charge in [0.25, 0.3) is 0 Å². The van der Waals surface area contributed by atoms with E-state index in [-0.39, 0.29) is 22.6 Å². The molecule has 0 unspecified atom stereocenters. The molecular formula is C12H19N2O8P. The van der Waals surface area contributed by atoms with Crippen molar-refractivity contribution < 1.29 is 39.3 Å². The zero-order chi connectivity index (χ0) is 17.7. The fraction of sp³-hybridized carbons (Fsp3) is 0.500. The third-order valence-corrected chi connectivity index (χ3v) is 3.56. The fourth-order valence-corrected chi connectivity index (χ4v) is 1.85. The summed E-state index contributed by atoms with van der Waals surface area (Å²) < 4.78 is 15.1. The third-order valence-electron chi connectivity index (χ3n) is 3.10. The van der Waals surface area contributed by atoms with Gasteiger partial charge in [0.2, 0.25) is 0 Å². The van der Waals surface area contributed by atoms with Crippen LogP contribution in [-0.2, 0) is 15.7 Å². The lowest BCUT2D eigenvalue weighted by Gasteiger charge is -2.22. The molecule has 130 valence electrons. The number of aliphatic hydroxyl groups is 3. The molecule has 1 aromatic rings. The molecule has 0 aliphatic carbocycles. The first-order valence-corrected chi connectivity index (χ1v) is 7.96. The van der Waals surface area contributed by atoms with Crippen LogP contribution in [0.3, 0.4) is 0 Å². The van der Waals surface area contributed by atoms with E-state index in [1.165, 1.54) is 13.1 Å². The zero-order valence-corrected chi connectivity index (χ0v) is 13.2. The third kappa shape index (κ3) is 5.33. The normalized spacial score (nSPS) is 13.0. The molecule has 1 rings (SSSR count). The van der Waals surface area contributed by atoms with E-state index in [1.807, 2.05) is 0 Å². The second kappa shape index (κ2) is 7.93. The van der Waals surface area contributed by atoms with Crippen molar-refractivity contribution in [1.29, 1.82) is 0 Å². The summed E-state index contributed by atoms with van der Waals surface area (Å²) in [6.45, 7) is -0.977. The molecule has 0 fully saturated rings. The summed E-state index contributed by atoms with van der Waals surface area (Å²) >= 11 is 0. The van der Waals surface area contributed by atoms with E-state index in [1.54, 1.807) is 0 Å². The molecule has 0 aliphatic rings. The lowest BCUT2D eigenvalue weighted by molar-refractivity contribution is 0.0718. The van der Waals surface area contributed by atoms with Gasteiger partial charge in [-0.1, -0.05) is 0 Å². The Labute approximate surface area is 132 Å². The van der Waals surface area contributed by atoms with Crippen molar-refractivity contribution in [3.63, 3.8) is 0 Å². The minimum Gasteiger partial charge on any atom is -0.505 e. The van der Waals surface area contributed by atoms with Crippen molar-refractivity contribution in [3.8, 4) is 5.75 Å². The monoisotopic (exact) mass is 350 g/mol. The molecule has 6 N–H and O–H groups in total. The predicted molar refractivity (Wildman–Crippen MR) is 79.1 cm³/mol. The number of pyridine rings is 1. The average molecular weight is 350 g/mol. The van der Waals surface area contributed by atoms with Crippen LogP contribution in [0.15, 0.2) is 11.2 Å². The quantitative estimate of drug-likeness (QED) is 0.250. The van der Waals surface area contributed by atoms with Crippen LogP contribution < -0.4 is 0 Å². The highest BCUT2D eigenvalue weighted by Crippen LogP contribution is 2.37. The Balaban J connectivity index is 3.22. The number of aliphatic hydroxyl groups excluding tert-OH is 3. The number of aryl methyl sites for hydroxylation is 1. The standard InChI is InChI=1S/C12H19N2O8P/c1-8-11(18)10(3-14-12(5-15,6-16)7-17)9(2-13-8)4-22-23(19,20)21/h2-3,15-18H,4-7H2,1H3,(H2,19,20,21). The maximum atomic E-state index is 10.8. The van der Waals surface area contributed by atoms with Crippen LogP contribution in [0.1, 0.15) is 16.8 Å². The number of phosphoric ester groups is 1. The van der Waals surface area contributed by atoms with Gasteiger partial charge in [-0.25, -0.2) is 4.57 Å². The van der Waals surface area contributed by atoms with Crippen molar-refractivity contribution in [3.05, 3.63) is 23.0 Å². The average Bonchev–Trinajstić information content (AvgIpc) is 2.51. The molecule has 0 aliphatic heterocycles. The summed E-state index contributed by atoms with van der Waals surface area (Å²) in [6.07, 6.45) is 2.32. The van der Waals surface area contributed by atoms with E-state index in [0.717, 1.165) is 6.21 Å². The van der Waals surface area contributed by atoms with Gasteiger partial charge in [-0.15, -0.1) is 0 Å². The maximum Gasteiger partial charge on any atom is 0.469 e. The van der Waals surface area contributed by atoms with E-state index in [0.29, 0.717) is 0 Å². The molecule has 0 saturated heterocycles. The molecule has 0 radical (unpaired) electrons. The van der Waals surface area contributed by atoms with Crippen LogP contribution in [0.2, 0.25) is 0 Å². The Morgan fingerprint density at radius 1 is 1.30 bits per heavy atom. The van der Waals surface area contributed by atoms with Crippen molar-refractivity contribution >= 4 is 14.0 Å². The van der Waals surface area contributed by atoms with Crippen LogP contribution in [0.4, 0.5) is 0 Å². The summed E-state index contributed by atoms with van der Waals surface area (Å²) in [6, 6.07) is 0. The second-order valence-corrected chi connectivity index (χ2v) is 6.09. The van der Waals surface area contributed by atoms with Crippen molar-refractivity contribution in [2.75, 3.05) is 19.8 Å². The summed E-state index contributed by atoms with van der Waals surface area (Å²) in [4.78, 5) is 25.2. The van der Waals surface area contributed by atoms with Crippen LogP contribution in [0.5, 0.6) is 5.75 Å². The Kier molecular flexibility index (Phi) is 6.78.